The van der Waals surface area contributed by atoms with E-state index < -0.39 is 0 Å². The van der Waals surface area contributed by atoms with Gasteiger partial charge in [0.2, 0.25) is 0 Å². The number of H-pyrrole nitrogens is 1. The van der Waals surface area contributed by atoms with Crippen molar-refractivity contribution >= 4 is 16.7 Å². The number of hydrogen-bond donors (Lipinski definition) is 2. The van der Waals surface area contributed by atoms with Crippen molar-refractivity contribution in [1.29, 1.82) is 0 Å². The van der Waals surface area contributed by atoms with Gasteiger partial charge in [0.1, 0.15) is 23.9 Å². The predicted octanol–water partition coefficient (Wildman–Crippen LogP) is 4.18. The zero-order valence-electron chi connectivity index (χ0n) is 16.0. The van der Waals surface area contributed by atoms with Crippen LogP contribution in [0.5, 0.6) is 5.75 Å². The Morgan fingerprint density at radius 2 is 1.83 bits per heavy atom. The quantitative estimate of drug-likeness (QED) is 0.495. The number of carbonyl (C=O) groups is 1. The Bertz CT molecular complexity index is 1230. The van der Waals surface area contributed by atoms with Gasteiger partial charge in [0.25, 0.3) is 5.91 Å². The van der Waals surface area contributed by atoms with Crippen LogP contribution < -0.4 is 10.1 Å². The second kappa shape index (κ2) is 8.93. The molecule has 5 nitrogen and oxygen atoms in total. The molecule has 0 saturated heterocycles. The van der Waals surface area contributed by atoms with E-state index in [1.807, 2.05) is 42.5 Å². The molecule has 0 aliphatic rings. The smallest absolute Gasteiger partial charge is 0.270 e. The molecular weight excluding hydrogens is 381 g/mol. The Labute approximate surface area is 172 Å². The molecule has 0 unspecified atom stereocenters. The molecule has 0 bridgehead atoms. The first-order valence-electron chi connectivity index (χ1n) is 9.36. The minimum absolute atomic E-state index is 0.183. The maximum absolute atomic E-state index is 13.0. The number of halogens is 1. The molecular formula is C24H18FN3O2. The van der Waals surface area contributed by atoms with E-state index in [4.69, 9.17) is 4.74 Å². The summed E-state index contributed by atoms with van der Waals surface area (Å²) in [6.07, 6.45) is 0. The van der Waals surface area contributed by atoms with E-state index in [9.17, 15) is 9.18 Å². The maximum Gasteiger partial charge on any atom is 0.270 e. The minimum Gasteiger partial charge on any atom is -0.480 e. The monoisotopic (exact) mass is 399 g/mol. The summed E-state index contributed by atoms with van der Waals surface area (Å²) in [7, 11) is 0. The Morgan fingerprint density at radius 3 is 2.70 bits per heavy atom. The Balaban J connectivity index is 1.28. The van der Waals surface area contributed by atoms with Crippen LogP contribution in [-0.4, -0.2) is 29.3 Å². The number of benzene rings is 3. The van der Waals surface area contributed by atoms with E-state index in [-0.39, 0.29) is 24.9 Å². The van der Waals surface area contributed by atoms with Crippen LogP contribution in [0, 0.1) is 17.7 Å². The van der Waals surface area contributed by atoms with Crippen molar-refractivity contribution in [1.82, 2.24) is 15.5 Å². The molecule has 30 heavy (non-hydrogen) atoms. The summed E-state index contributed by atoms with van der Waals surface area (Å²) in [4.78, 5) is 12.2. The van der Waals surface area contributed by atoms with Crippen LogP contribution in [-0.2, 0) is 0 Å². The average Bonchev–Trinajstić information content (AvgIpc) is 3.27. The largest absolute Gasteiger partial charge is 0.480 e. The zero-order valence-corrected chi connectivity index (χ0v) is 16.0. The van der Waals surface area contributed by atoms with Gasteiger partial charge < -0.3 is 10.1 Å². The number of nitrogens with one attached hydrogen (secondary N) is 2. The van der Waals surface area contributed by atoms with E-state index in [0.29, 0.717) is 11.4 Å². The van der Waals surface area contributed by atoms with Gasteiger partial charge in [-0.25, -0.2) is 4.39 Å². The summed E-state index contributed by atoms with van der Waals surface area (Å²) in [5, 5.41) is 11.6. The Kier molecular flexibility index (Phi) is 5.72. The van der Waals surface area contributed by atoms with E-state index >= 15 is 0 Å². The molecule has 0 fully saturated rings. The lowest BCUT2D eigenvalue weighted by atomic mass is 10.1. The first-order chi connectivity index (χ1) is 14.7. The molecule has 1 aromatic heterocycles. The van der Waals surface area contributed by atoms with Crippen LogP contribution in [0.2, 0.25) is 0 Å². The van der Waals surface area contributed by atoms with Gasteiger partial charge in [-0.2, -0.15) is 5.10 Å². The SMILES string of the molecule is O=C(NCC#CCOc1cccc2ccccc12)c1cc(-c2ccc(F)cc2)n[nH]1. The van der Waals surface area contributed by atoms with Crippen molar-refractivity contribution < 1.29 is 13.9 Å². The van der Waals surface area contributed by atoms with Gasteiger partial charge in [0.05, 0.1) is 12.2 Å². The van der Waals surface area contributed by atoms with E-state index in [1.165, 1.54) is 12.1 Å². The molecule has 0 spiro atoms. The first kappa shape index (κ1) is 19.2. The third-order valence-electron chi connectivity index (χ3n) is 4.47. The number of nitrogens with zero attached hydrogens (tertiary/aromatic N) is 1. The molecule has 0 atom stereocenters. The highest BCUT2D eigenvalue weighted by Crippen LogP contribution is 2.24. The number of aromatic nitrogens is 2. The number of aromatic amines is 1. The van der Waals surface area contributed by atoms with E-state index in [2.05, 4.69) is 27.4 Å². The first-order valence-corrected chi connectivity index (χ1v) is 9.36. The number of ether oxygens (including phenoxy) is 1. The number of rotatable bonds is 5. The van der Waals surface area contributed by atoms with Crippen LogP contribution in [0.4, 0.5) is 4.39 Å². The number of hydrogen-bond acceptors (Lipinski definition) is 3. The highest BCUT2D eigenvalue weighted by atomic mass is 19.1. The van der Waals surface area contributed by atoms with Crippen LogP contribution in [0.1, 0.15) is 10.5 Å². The van der Waals surface area contributed by atoms with Gasteiger partial charge in [-0.15, -0.1) is 0 Å². The van der Waals surface area contributed by atoms with Crippen LogP contribution in [0.3, 0.4) is 0 Å². The number of fused-ring (bicyclic) bond motifs is 1. The zero-order chi connectivity index (χ0) is 20.8. The molecule has 3 aromatic carbocycles. The summed E-state index contributed by atoms with van der Waals surface area (Å²) in [6.45, 7) is 0.408. The topological polar surface area (TPSA) is 67.0 Å². The minimum atomic E-state index is -0.324. The maximum atomic E-state index is 13.0. The fourth-order valence-electron chi connectivity index (χ4n) is 2.98. The number of carbonyl (C=O) groups excluding carboxylic acids is 1. The second-order valence-electron chi connectivity index (χ2n) is 6.48. The lowest BCUT2D eigenvalue weighted by Gasteiger charge is -2.06. The molecule has 1 amide bonds. The Hall–Kier alpha value is -4.11. The summed E-state index contributed by atoms with van der Waals surface area (Å²) < 4.78 is 18.8. The molecule has 4 aromatic rings. The van der Waals surface area contributed by atoms with Crippen LogP contribution >= 0.6 is 0 Å². The molecule has 0 radical (unpaired) electrons. The van der Waals surface area contributed by atoms with E-state index in [0.717, 1.165) is 22.1 Å². The van der Waals surface area contributed by atoms with Crippen LogP contribution in [0.25, 0.3) is 22.0 Å². The highest BCUT2D eigenvalue weighted by Gasteiger charge is 2.10. The standard InChI is InChI=1S/C24H18FN3O2/c25-19-12-10-18(11-13-19)21-16-22(28-27-21)24(29)26-14-3-4-15-30-23-9-5-7-17-6-1-2-8-20(17)23/h1-2,5-13,16H,14-15H2,(H,26,29)(H,27,28). The fraction of sp³-hybridized carbons (Fsp3) is 0.0833. The van der Waals surface area contributed by atoms with Gasteiger partial charge in [0, 0.05) is 10.9 Å². The lowest BCUT2D eigenvalue weighted by Crippen LogP contribution is -2.24. The van der Waals surface area contributed by atoms with Gasteiger partial charge in [0.15, 0.2) is 0 Å². The normalized spacial score (nSPS) is 10.3. The van der Waals surface area contributed by atoms with Crippen LogP contribution in [0.15, 0.2) is 72.8 Å². The average molecular weight is 399 g/mol. The van der Waals surface area contributed by atoms with Crippen molar-refractivity contribution in [3.8, 4) is 28.8 Å². The van der Waals surface area contributed by atoms with Gasteiger partial charge >= 0.3 is 0 Å². The van der Waals surface area contributed by atoms with Crippen molar-refractivity contribution in [3.63, 3.8) is 0 Å². The third-order valence-corrected chi connectivity index (χ3v) is 4.47. The van der Waals surface area contributed by atoms with Gasteiger partial charge in [-0.05, 0) is 41.8 Å². The molecule has 1 heterocycles. The summed E-state index contributed by atoms with van der Waals surface area (Å²) >= 11 is 0. The second-order valence-corrected chi connectivity index (χ2v) is 6.48. The number of amides is 1. The Morgan fingerprint density at radius 1 is 1.03 bits per heavy atom. The molecule has 0 saturated carbocycles. The molecule has 4 rings (SSSR count). The molecule has 2 N–H and O–H groups in total. The third kappa shape index (κ3) is 4.47. The predicted molar refractivity (Wildman–Crippen MR) is 114 cm³/mol. The van der Waals surface area contributed by atoms with Gasteiger partial charge in [-0.3, -0.25) is 9.89 Å². The molecule has 6 heteroatoms. The van der Waals surface area contributed by atoms with Crippen molar-refractivity contribution in [3.05, 3.63) is 84.3 Å². The van der Waals surface area contributed by atoms with Crippen molar-refractivity contribution in [2.45, 2.75) is 0 Å². The highest BCUT2D eigenvalue weighted by molar-refractivity contribution is 5.93. The summed E-state index contributed by atoms with van der Waals surface area (Å²) in [6, 6.07) is 21.4. The van der Waals surface area contributed by atoms with E-state index in [1.54, 1.807) is 18.2 Å². The fourth-order valence-corrected chi connectivity index (χ4v) is 2.98. The summed E-state index contributed by atoms with van der Waals surface area (Å²) in [5.74, 6) is 5.89. The molecule has 0 aliphatic carbocycles. The summed E-state index contributed by atoms with van der Waals surface area (Å²) in [5.41, 5.74) is 1.59. The van der Waals surface area contributed by atoms with Crippen molar-refractivity contribution in [2.75, 3.05) is 13.2 Å². The lowest BCUT2D eigenvalue weighted by molar-refractivity contribution is 0.0953. The molecule has 148 valence electrons. The van der Waals surface area contributed by atoms with Crippen molar-refractivity contribution in [2.24, 2.45) is 0 Å². The van der Waals surface area contributed by atoms with Gasteiger partial charge in [-0.1, -0.05) is 48.2 Å². The molecule has 0 aliphatic heterocycles.